The topological polar surface area (TPSA) is 35.5 Å². The molecule has 1 fully saturated rings. The predicted molar refractivity (Wildman–Crippen MR) is 49.6 cm³/mol. The monoisotopic (exact) mass is 186 g/mol. The van der Waals surface area contributed by atoms with Gasteiger partial charge in [-0.15, -0.1) is 0 Å². The number of aldehydes is 1. The first-order chi connectivity index (χ1) is 6.18. The van der Waals surface area contributed by atoms with Crippen LogP contribution in [0, 0.1) is 5.41 Å². The van der Waals surface area contributed by atoms with Crippen molar-refractivity contribution in [1.82, 2.24) is 0 Å². The van der Waals surface area contributed by atoms with Gasteiger partial charge in [0, 0.05) is 13.2 Å². The third-order valence-electron chi connectivity index (χ3n) is 2.44. The summed E-state index contributed by atoms with van der Waals surface area (Å²) >= 11 is 0. The van der Waals surface area contributed by atoms with Crippen molar-refractivity contribution < 1.29 is 14.3 Å². The highest BCUT2D eigenvalue weighted by Gasteiger charge is 2.32. The van der Waals surface area contributed by atoms with Gasteiger partial charge in [0.25, 0.3) is 0 Å². The summed E-state index contributed by atoms with van der Waals surface area (Å²) in [5.74, 6) is 0. The smallest absolute Gasteiger partial charge is 0.128 e. The van der Waals surface area contributed by atoms with Crippen LogP contribution in [0.25, 0.3) is 0 Å². The number of hydrogen-bond acceptors (Lipinski definition) is 3. The van der Waals surface area contributed by atoms with Crippen LogP contribution in [0.1, 0.15) is 26.7 Å². The Kier molecular flexibility index (Phi) is 3.88. The lowest BCUT2D eigenvalue weighted by Gasteiger charge is -2.32. The molecule has 0 aromatic rings. The summed E-state index contributed by atoms with van der Waals surface area (Å²) in [6.07, 6.45) is 2.82. The molecule has 0 saturated carbocycles. The maximum Gasteiger partial charge on any atom is 0.128 e. The molecule has 0 radical (unpaired) electrons. The first-order valence-corrected chi connectivity index (χ1v) is 4.84. The summed E-state index contributed by atoms with van der Waals surface area (Å²) in [5.41, 5.74) is -0.275. The Hall–Kier alpha value is -0.410. The van der Waals surface area contributed by atoms with Crippen LogP contribution in [0.4, 0.5) is 0 Å². The average molecular weight is 186 g/mol. The van der Waals surface area contributed by atoms with Gasteiger partial charge in [-0.3, -0.25) is 0 Å². The molecular formula is C10H18O3. The Morgan fingerprint density at radius 2 is 2.08 bits per heavy atom. The van der Waals surface area contributed by atoms with Gasteiger partial charge in [-0.2, -0.15) is 0 Å². The van der Waals surface area contributed by atoms with Crippen molar-refractivity contribution in [2.24, 2.45) is 5.41 Å². The normalized spacial score (nSPS) is 21.8. The van der Waals surface area contributed by atoms with Crippen molar-refractivity contribution in [1.29, 1.82) is 0 Å². The Morgan fingerprint density at radius 1 is 1.46 bits per heavy atom. The van der Waals surface area contributed by atoms with E-state index < -0.39 is 0 Å². The number of carbonyl (C=O) groups is 1. The molecule has 0 aliphatic carbocycles. The highest BCUT2D eigenvalue weighted by molar-refractivity contribution is 5.59. The molecule has 0 bridgehead atoms. The van der Waals surface area contributed by atoms with Crippen LogP contribution in [-0.4, -0.2) is 32.2 Å². The van der Waals surface area contributed by atoms with Gasteiger partial charge >= 0.3 is 0 Å². The van der Waals surface area contributed by atoms with E-state index in [-0.39, 0.29) is 11.5 Å². The molecule has 1 rings (SSSR count). The Morgan fingerprint density at radius 3 is 2.54 bits per heavy atom. The number of ether oxygens (including phenoxy) is 2. The van der Waals surface area contributed by atoms with E-state index >= 15 is 0 Å². The molecule has 13 heavy (non-hydrogen) atoms. The molecule has 0 N–H and O–H groups in total. The molecule has 1 aliphatic heterocycles. The number of carbonyl (C=O) groups excluding carboxylic acids is 1. The lowest BCUT2D eigenvalue weighted by atomic mass is 9.83. The van der Waals surface area contributed by atoms with Gasteiger partial charge < -0.3 is 14.3 Å². The van der Waals surface area contributed by atoms with E-state index in [1.807, 2.05) is 13.8 Å². The minimum absolute atomic E-state index is 0.194. The van der Waals surface area contributed by atoms with Crippen LogP contribution in [0.2, 0.25) is 0 Å². The summed E-state index contributed by atoms with van der Waals surface area (Å²) in [7, 11) is 0. The average Bonchev–Trinajstić information content (AvgIpc) is 2.16. The summed E-state index contributed by atoms with van der Waals surface area (Å²) in [6.45, 7) is 5.87. The molecular weight excluding hydrogens is 168 g/mol. The molecule has 1 saturated heterocycles. The first-order valence-electron chi connectivity index (χ1n) is 4.84. The van der Waals surface area contributed by atoms with Gasteiger partial charge in [0.15, 0.2) is 0 Å². The second-order valence-corrected chi connectivity index (χ2v) is 3.95. The minimum Gasteiger partial charge on any atom is -0.381 e. The maximum atomic E-state index is 11.0. The van der Waals surface area contributed by atoms with E-state index in [4.69, 9.17) is 9.47 Å². The molecule has 3 nitrogen and oxygen atoms in total. The van der Waals surface area contributed by atoms with E-state index in [0.29, 0.717) is 19.8 Å². The van der Waals surface area contributed by atoms with Crippen molar-refractivity contribution in [3.05, 3.63) is 0 Å². The van der Waals surface area contributed by atoms with Crippen LogP contribution in [-0.2, 0) is 14.3 Å². The fourth-order valence-electron chi connectivity index (χ4n) is 1.41. The van der Waals surface area contributed by atoms with E-state index in [9.17, 15) is 4.79 Å². The van der Waals surface area contributed by atoms with Crippen molar-refractivity contribution in [2.75, 3.05) is 19.8 Å². The standard InChI is InChI=1S/C10H18O3/c1-9(2)13-8-10(7-11)3-5-12-6-4-10/h7,9H,3-6,8H2,1-2H3. The zero-order valence-electron chi connectivity index (χ0n) is 8.41. The highest BCUT2D eigenvalue weighted by atomic mass is 16.5. The Labute approximate surface area is 79.4 Å². The molecule has 76 valence electrons. The third kappa shape index (κ3) is 3.08. The van der Waals surface area contributed by atoms with Crippen molar-refractivity contribution >= 4 is 6.29 Å². The Bertz CT molecular complexity index is 160. The van der Waals surface area contributed by atoms with E-state index in [2.05, 4.69) is 0 Å². The van der Waals surface area contributed by atoms with E-state index in [1.54, 1.807) is 0 Å². The van der Waals surface area contributed by atoms with Crippen molar-refractivity contribution in [3.8, 4) is 0 Å². The second kappa shape index (κ2) is 4.72. The molecule has 0 amide bonds. The van der Waals surface area contributed by atoms with Gasteiger partial charge in [0.05, 0.1) is 18.1 Å². The molecule has 1 aliphatic rings. The van der Waals surface area contributed by atoms with Gasteiger partial charge in [0.1, 0.15) is 6.29 Å². The fraction of sp³-hybridized carbons (Fsp3) is 0.900. The zero-order valence-corrected chi connectivity index (χ0v) is 8.41. The number of rotatable bonds is 4. The summed E-state index contributed by atoms with van der Waals surface area (Å²) in [5, 5.41) is 0. The molecule has 0 spiro atoms. The molecule has 0 aromatic carbocycles. The largest absolute Gasteiger partial charge is 0.381 e. The molecule has 0 unspecified atom stereocenters. The zero-order chi connectivity index (χ0) is 9.73. The van der Waals surface area contributed by atoms with Crippen LogP contribution >= 0.6 is 0 Å². The SMILES string of the molecule is CC(C)OCC1(C=O)CCOCC1. The van der Waals surface area contributed by atoms with E-state index in [1.165, 1.54) is 0 Å². The molecule has 0 aromatic heterocycles. The lowest BCUT2D eigenvalue weighted by molar-refractivity contribution is -0.128. The van der Waals surface area contributed by atoms with Crippen molar-refractivity contribution in [2.45, 2.75) is 32.8 Å². The van der Waals surface area contributed by atoms with E-state index in [0.717, 1.165) is 19.1 Å². The first kappa shape index (κ1) is 10.7. The molecule has 0 atom stereocenters. The van der Waals surface area contributed by atoms with Gasteiger partial charge in [-0.1, -0.05) is 0 Å². The molecule has 1 heterocycles. The second-order valence-electron chi connectivity index (χ2n) is 3.95. The molecule has 3 heteroatoms. The summed E-state index contributed by atoms with van der Waals surface area (Å²) < 4.78 is 10.7. The summed E-state index contributed by atoms with van der Waals surface area (Å²) in [6, 6.07) is 0. The van der Waals surface area contributed by atoms with Gasteiger partial charge in [-0.25, -0.2) is 0 Å². The van der Waals surface area contributed by atoms with Gasteiger partial charge in [-0.05, 0) is 26.7 Å². The lowest BCUT2D eigenvalue weighted by Crippen LogP contribution is -2.36. The highest BCUT2D eigenvalue weighted by Crippen LogP contribution is 2.28. The fourth-order valence-corrected chi connectivity index (χ4v) is 1.41. The van der Waals surface area contributed by atoms with Gasteiger partial charge in [0.2, 0.25) is 0 Å². The van der Waals surface area contributed by atoms with Crippen LogP contribution in [0.5, 0.6) is 0 Å². The van der Waals surface area contributed by atoms with Crippen LogP contribution in [0.15, 0.2) is 0 Å². The van der Waals surface area contributed by atoms with Crippen LogP contribution in [0.3, 0.4) is 0 Å². The van der Waals surface area contributed by atoms with Crippen LogP contribution < -0.4 is 0 Å². The predicted octanol–water partition coefficient (Wildman–Crippen LogP) is 1.41. The summed E-state index contributed by atoms with van der Waals surface area (Å²) in [4.78, 5) is 11.0. The maximum absolute atomic E-state index is 11.0. The number of hydrogen-bond donors (Lipinski definition) is 0. The van der Waals surface area contributed by atoms with Crippen molar-refractivity contribution in [3.63, 3.8) is 0 Å². The Balaban J connectivity index is 2.42. The minimum atomic E-state index is -0.275. The quantitative estimate of drug-likeness (QED) is 0.623. The third-order valence-corrected chi connectivity index (χ3v) is 2.44.